The largest absolute Gasteiger partial charge is 0.352 e. The first-order valence-electron chi connectivity index (χ1n) is 5.50. The number of carbonyl (C=O) groups is 1. The second kappa shape index (κ2) is 6.03. The highest BCUT2D eigenvalue weighted by Crippen LogP contribution is 2.02. The SMILES string of the molecule is Cc1cc(C)nc(NCCNC(=O)N(C)C)n1. The summed E-state index contributed by atoms with van der Waals surface area (Å²) in [5, 5.41) is 5.82. The summed E-state index contributed by atoms with van der Waals surface area (Å²) < 4.78 is 0. The third-order valence-corrected chi connectivity index (χ3v) is 2.07. The van der Waals surface area contributed by atoms with E-state index in [1.54, 1.807) is 14.1 Å². The molecule has 6 heteroatoms. The van der Waals surface area contributed by atoms with Crippen LogP contribution >= 0.6 is 0 Å². The minimum absolute atomic E-state index is 0.104. The number of urea groups is 1. The first-order chi connectivity index (χ1) is 7.99. The van der Waals surface area contributed by atoms with Crippen molar-refractivity contribution in [2.45, 2.75) is 13.8 Å². The Kier molecular flexibility index (Phi) is 4.68. The molecule has 1 aromatic heterocycles. The summed E-state index contributed by atoms with van der Waals surface area (Å²) in [6.07, 6.45) is 0. The summed E-state index contributed by atoms with van der Waals surface area (Å²) in [5.74, 6) is 0.599. The molecule has 94 valence electrons. The number of anilines is 1. The number of carbonyl (C=O) groups excluding carboxylic acids is 1. The Labute approximate surface area is 101 Å². The van der Waals surface area contributed by atoms with E-state index in [4.69, 9.17) is 0 Å². The van der Waals surface area contributed by atoms with Crippen LogP contribution in [0, 0.1) is 13.8 Å². The van der Waals surface area contributed by atoms with Gasteiger partial charge in [0.15, 0.2) is 0 Å². The van der Waals surface area contributed by atoms with E-state index in [1.807, 2.05) is 19.9 Å². The van der Waals surface area contributed by atoms with E-state index in [-0.39, 0.29) is 6.03 Å². The second-order valence-electron chi connectivity index (χ2n) is 4.03. The van der Waals surface area contributed by atoms with Crippen LogP contribution in [0.4, 0.5) is 10.7 Å². The minimum Gasteiger partial charge on any atom is -0.352 e. The van der Waals surface area contributed by atoms with Gasteiger partial charge in [0.1, 0.15) is 0 Å². The quantitative estimate of drug-likeness (QED) is 0.759. The third-order valence-electron chi connectivity index (χ3n) is 2.07. The second-order valence-corrected chi connectivity index (χ2v) is 4.03. The first-order valence-corrected chi connectivity index (χ1v) is 5.50. The van der Waals surface area contributed by atoms with Gasteiger partial charge in [0.25, 0.3) is 0 Å². The van der Waals surface area contributed by atoms with Crippen molar-refractivity contribution in [1.29, 1.82) is 0 Å². The van der Waals surface area contributed by atoms with Crippen molar-refractivity contribution in [2.24, 2.45) is 0 Å². The number of nitrogens with one attached hydrogen (secondary N) is 2. The van der Waals surface area contributed by atoms with Gasteiger partial charge in [-0.15, -0.1) is 0 Å². The van der Waals surface area contributed by atoms with E-state index >= 15 is 0 Å². The highest BCUT2D eigenvalue weighted by atomic mass is 16.2. The zero-order chi connectivity index (χ0) is 12.8. The molecule has 0 spiro atoms. The molecule has 0 atom stereocenters. The number of hydrogen-bond donors (Lipinski definition) is 2. The summed E-state index contributed by atoms with van der Waals surface area (Å²) in [6.45, 7) is 4.98. The van der Waals surface area contributed by atoms with Crippen LogP contribution in [-0.2, 0) is 0 Å². The zero-order valence-corrected chi connectivity index (χ0v) is 10.7. The van der Waals surface area contributed by atoms with Crippen LogP contribution in [0.1, 0.15) is 11.4 Å². The Balaban J connectivity index is 2.33. The Bertz CT molecular complexity index is 371. The van der Waals surface area contributed by atoms with Crippen molar-refractivity contribution in [2.75, 3.05) is 32.5 Å². The Morgan fingerprint density at radius 2 is 1.82 bits per heavy atom. The van der Waals surface area contributed by atoms with Gasteiger partial charge in [-0.05, 0) is 19.9 Å². The van der Waals surface area contributed by atoms with Crippen LogP contribution in [0.3, 0.4) is 0 Å². The normalized spacial score (nSPS) is 9.88. The zero-order valence-electron chi connectivity index (χ0n) is 10.7. The molecule has 1 heterocycles. The van der Waals surface area contributed by atoms with Gasteiger partial charge in [-0.3, -0.25) is 0 Å². The lowest BCUT2D eigenvalue weighted by atomic mass is 10.4. The van der Waals surface area contributed by atoms with Gasteiger partial charge in [-0.1, -0.05) is 0 Å². The average Bonchev–Trinajstić information content (AvgIpc) is 2.22. The Morgan fingerprint density at radius 3 is 2.35 bits per heavy atom. The molecule has 0 radical (unpaired) electrons. The fourth-order valence-corrected chi connectivity index (χ4v) is 1.31. The maximum atomic E-state index is 11.2. The van der Waals surface area contributed by atoms with Crippen LogP contribution in [0.2, 0.25) is 0 Å². The minimum atomic E-state index is -0.104. The van der Waals surface area contributed by atoms with Crippen molar-refractivity contribution < 1.29 is 4.79 Å². The predicted molar refractivity (Wildman–Crippen MR) is 67.1 cm³/mol. The topological polar surface area (TPSA) is 70.2 Å². The number of hydrogen-bond acceptors (Lipinski definition) is 4. The molecule has 0 bridgehead atoms. The summed E-state index contributed by atoms with van der Waals surface area (Å²) in [4.78, 5) is 21.2. The van der Waals surface area contributed by atoms with E-state index < -0.39 is 0 Å². The van der Waals surface area contributed by atoms with E-state index in [2.05, 4.69) is 20.6 Å². The standard InChI is InChI=1S/C11H19N5O/c1-8-7-9(2)15-10(14-8)12-5-6-13-11(17)16(3)4/h7H,5-6H2,1-4H3,(H,13,17)(H,12,14,15). The molecule has 2 amide bonds. The molecule has 0 fully saturated rings. The summed E-state index contributed by atoms with van der Waals surface area (Å²) in [6, 6.07) is 1.81. The highest BCUT2D eigenvalue weighted by Gasteiger charge is 2.02. The fraction of sp³-hybridized carbons (Fsp3) is 0.545. The van der Waals surface area contributed by atoms with Crippen molar-refractivity contribution in [3.8, 4) is 0 Å². The smallest absolute Gasteiger partial charge is 0.316 e. The van der Waals surface area contributed by atoms with Crippen LogP contribution in [0.15, 0.2) is 6.07 Å². The molecular formula is C11H19N5O. The van der Waals surface area contributed by atoms with Crippen LogP contribution in [0.5, 0.6) is 0 Å². The molecule has 0 saturated heterocycles. The molecule has 0 aromatic carbocycles. The average molecular weight is 237 g/mol. The molecule has 0 aliphatic rings. The summed E-state index contributed by atoms with van der Waals surface area (Å²) in [7, 11) is 3.41. The molecular weight excluding hydrogens is 218 g/mol. The number of nitrogens with zero attached hydrogens (tertiary/aromatic N) is 3. The molecule has 0 saturated carbocycles. The number of amides is 2. The first kappa shape index (κ1) is 13.2. The highest BCUT2D eigenvalue weighted by molar-refractivity contribution is 5.73. The summed E-state index contributed by atoms with van der Waals surface area (Å²) >= 11 is 0. The van der Waals surface area contributed by atoms with E-state index in [9.17, 15) is 4.79 Å². The summed E-state index contributed by atoms with van der Waals surface area (Å²) in [5.41, 5.74) is 1.86. The van der Waals surface area contributed by atoms with E-state index in [1.165, 1.54) is 4.90 Å². The number of rotatable bonds is 4. The van der Waals surface area contributed by atoms with Gasteiger partial charge in [0.2, 0.25) is 5.95 Å². The third kappa shape index (κ3) is 4.67. The Morgan fingerprint density at radius 1 is 1.24 bits per heavy atom. The van der Waals surface area contributed by atoms with E-state index in [0.717, 1.165) is 11.4 Å². The maximum Gasteiger partial charge on any atom is 0.316 e. The predicted octanol–water partition coefficient (Wildman–Crippen LogP) is 0.777. The number of aromatic nitrogens is 2. The molecule has 2 N–H and O–H groups in total. The van der Waals surface area contributed by atoms with Gasteiger partial charge >= 0.3 is 6.03 Å². The van der Waals surface area contributed by atoms with Crippen LogP contribution < -0.4 is 10.6 Å². The molecule has 1 rings (SSSR count). The lowest BCUT2D eigenvalue weighted by Crippen LogP contribution is -2.37. The van der Waals surface area contributed by atoms with Gasteiger partial charge in [0, 0.05) is 38.6 Å². The van der Waals surface area contributed by atoms with Gasteiger partial charge < -0.3 is 15.5 Å². The molecule has 6 nitrogen and oxygen atoms in total. The lowest BCUT2D eigenvalue weighted by Gasteiger charge is -2.12. The fourth-order valence-electron chi connectivity index (χ4n) is 1.31. The van der Waals surface area contributed by atoms with E-state index in [0.29, 0.717) is 19.0 Å². The van der Waals surface area contributed by atoms with Gasteiger partial charge in [-0.25, -0.2) is 14.8 Å². The van der Waals surface area contributed by atoms with Gasteiger partial charge in [-0.2, -0.15) is 0 Å². The van der Waals surface area contributed by atoms with Crippen LogP contribution in [-0.4, -0.2) is 48.1 Å². The molecule has 17 heavy (non-hydrogen) atoms. The molecule has 0 aliphatic heterocycles. The molecule has 0 unspecified atom stereocenters. The van der Waals surface area contributed by atoms with Crippen molar-refractivity contribution in [3.05, 3.63) is 17.5 Å². The monoisotopic (exact) mass is 237 g/mol. The van der Waals surface area contributed by atoms with Crippen molar-refractivity contribution in [1.82, 2.24) is 20.2 Å². The van der Waals surface area contributed by atoms with Gasteiger partial charge in [0.05, 0.1) is 0 Å². The van der Waals surface area contributed by atoms with Crippen molar-refractivity contribution >= 4 is 12.0 Å². The molecule has 0 aliphatic carbocycles. The van der Waals surface area contributed by atoms with Crippen molar-refractivity contribution in [3.63, 3.8) is 0 Å². The lowest BCUT2D eigenvalue weighted by molar-refractivity contribution is 0.218. The maximum absolute atomic E-state index is 11.2. The van der Waals surface area contributed by atoms with Crippen LogP contribution in [0.25, 0.3) is 0 Å². The molecule has 1 aromatic rings. The number of aryl methyl sites for hydroxylation is 2. The Hall–Kier alpha value is -1.85.